The van der Waals surface area contributed by atoms with Crippen molar-refractivity contribution in [1.82, 2.24) is 15.3 Å². The minimum Gasteiger partial charge on any atom is -0.444 e. The molecule has 0 aromatic carbocycles. The van der Waals surface area contributed by atoms with Crippen molar-refractivity contribution in [3.8, 4) is 0 Å². The lowest BCUT2D eigenvalue weighted by Gasteiger charge is -2.40. The maximum atomic E-state index is 12.1. The number of fused-ring (bicyclic) bond motifs is 1. The predicted molar refractivity (Wildman–Crippen MR) is 100 cm³/mol. The van der Waals surface area contributed by atoms with Crippen LogP contribution in [0.3, 0.4) is 0 Å². The van der Waals surface area contributed by atoms with E-state index in [0.29, 0.717) is 6.54 Å². The van der Waals surface area contributed by atoms with Gasteiger partial charge in [0.2, 0.25) is 0 Å². The molecule has 0 spiro atoms. The molecular formula is C17H24BrN5O2. The smallest absolute Gasteiger partial charge is 0.408 e. The molecule has 0 aliphatic carbocycles. The van der Waals surface area contributed by atoms with Gasteiger partial charge in [0, 0.05) is 18.6 Å². The fourth-order valence-electron chi connectivity index (χ4n) is 2.98. The Balaban J connectivity index is 1.59. The van der Waals surface area contributed by atoms with Gasteiger partial charge in [-0.1, -0.05) is 0 Å². The van der Waals surface area contributed by atoms with E-state index in [2.05, 4.69) is 43.0 Å². The van der Waals surface area contributed by atoms with Gasteiger partial charge >= 0.3 is 6.09 Å². The number of alkyl carbamates (subject to hydrolysis) is 1. The molecule has 1 saturated heterocycles. The Kier molecular flexibility index (Phi) is 4.74. The fourth-order valence-corrected chi connectivity index (χ4v) is 3.43. The summed E-state index contributed by atoms with van der Waals surface area (Å²) in [5, 5.41) is 3.02. The Bertz CT molecular complexity index is 705. The Labute approximate surface area is 156 Å². The highest BCUT2D eigenvalue weighted by molar-refractivity contribution is 9.18. The molecule has 0 unspecified atom stereocenters. The summed E-state index contributed by atoms with van der Waals surface area (Å²) < 4.78 is 6.15. The number of hydrogen-bond donors (Lipinski definition) is 1. The maximum absolute atomic E-state index is 12.1. The molecule has 0 atom stereocenters. The number of ether oxygens (including phenoxy) is 1. The van der Waals surface area contributed by atoms with Crippen LogP contribution in [0.1, 0.15) is 51.9 Å². The number of anilines is 1. The number of rotatable bonds is 2. The summed E-state index contributed by atoms with van der Waals surface area (Å²) in [6, 6.07) is 0. The largest absolute Gasteiger partial charge is 0.444 e. The summed E-state index contributed by atoms with van der Waals surface area (Å²) in [5.74, 6) is 0.871. The van der Waals surface area contributed by atoms with E-state index in [-0.39, 0.29) is 11.6 Å². The van der Waals surface area contributed by atoms with Crippen molar-refractivity contribution < 1.29 is 9.53 Å². The fraction of sp³-hybridized carbons (Fsp3) is 0.647. The molecule has 7 nitrogen and oxygen atoms in total. The molecule has 1 fully saturated rings. The molecule has 8 heteroatoms. The van der Waals surface area contributed by atoms with E-state index in [4.69, 9.17) is 9.72 Å². The van der Waals surface area contributed by atoms with Gasteiger partial charge in [0.15, 0.2) is 0 Å². The zero-order valence-electron chi connectivity index (χ0n) is 15.1. The average Bonchev–Trinajstić information content (AvgIpc) is 2.86. The van der Waals surface area contributed by atoms with Crippen LogP contribution < -0.4 is 10.2 Å². The third-order valence-corrected chi connectivity index (χ3v) is 5.02. The molecule has 136 valence electrons. The van der Waals surface area contributed by atoms with Crippen LogP contribution in [0.25, 0.3) is 0 Å². The average molecular weight is 410 g/mol. The van der Waals surface area contributed by atoms with Crippen LogP contribution in [0.15, 0.2) is 11.2 Å². The number of carbonyl (C=O) groups excluding carboxylic acids is 1. The first-order valence-electron chi connectivity index (χ1n) is 8.48. The van der Waals surface area contributed by atoms with Gasteiger partial charge in [0.05, 0.1) is 18.4 Å². The van der Waals surface area contributed by atoms with Crippen molar-refractivity contribution in [2.24, 2.45) is 4.99 Å². The predicted octanol–water partition coefficient (Wildman–Crippen LogP) is 3.02. The van der Waals surface area contributed by atoms with Gasteiger partial charge < -0.3 is 15.0 Å². The summed E-state index contributed by atoms with van der Waals surface area (Å²) in [5.41, 5.74) is 0.980. The van der Waals surface area contributed by atoms with E-state index in [1.54, 1.807) is 6.20 Å². The third-order valence-electron chi connectivity index (χ3n) is 4.39. The van der Waals surface area contributed by atoms with Crippen LogP contribution in [-0.4, -0.2) is 44.9 Å². The van der Waals surface area contributed by atoms with E-state index < -0.39 is 5.60 Å². The molecule has 1 aromatic rings. The van der Waals surface area contributed by atoms with E-state index in [9.17, 15) is 4.79 Å². The Hall–Kier alpha value is -1.70. The minimum atomic E-state index is -0.489. The number of amides is 1. The minimum absolute atomic E-state index is 0.269. The van der Waals surface area contributed by atoms with Crippen molar-refractivity contribution >= 4 is 32.5 Å². The molecule has 0 bridgehead atoms. The monoisotopic (exact) mass is 409 g/mol. The molecular weight excluding hydrogens is 386 g/mol. The first-order valence-corrected chi connectivity index (χ1v) is 9.27. The highest BCUT2D eigenvalue weighted by Crippen LogP contribution is 2.27. The van der Waals surface area contributed by atoms with Crippen LogP contribution in [-0.2, 0) is 11.3 Å². The normalized spacial score (nSPS) is 19.2. The van der Waals surface area contributed by atoms with Crippen LogP contribution in [0.4, 0.5) is 10.6 Å². The zero-order valence-corrected chi connectivity index (χ0v) is 16.7. The van der Waals surface area contributed by atoms with Gasteiger partial charge in [-0.3, -0.25) is 4.99 Å². The second-order valence-corrected chi connectivity index (χ2v) is 8.56. The first-order chi connectivity index (χ1) is 11.7. The molecule has 2 aliphatic heterocycles. The van der Waals surface area contributed by atoms with E-state index in [1.165, 1.54) is 0 Å². The van der Waals surface area contributed by atoms with Crippen LogP contribution in [0, 0.1) is 0 Å². The zero-order chi connectivity index (χ0) is 18.2. The highest BCUT2D eigenvalue weighted by Gasteiger charge is 2.34. The molecule has 2 aliphatic rings. The van der Waals surface area contributed by atoms with Crippen molar-refractivity contribution in [3.05, 3.63) is 17.6 Å². The Morgan fingerprint density at radius 2 is 2.04 bits per heavy atom. The number of piperidine rings is 1. The quantitative estimate of drug-likeness (QED) is 0.811. The second-order valence-electron chi connectivity index (χ2n) is 7.81. The molecule has 1 N–H and O–H groups in total. The van der Waals surface area contributed by atoms with Gasteiger partial charge in [0.25, 0.3) is 0 Å². The SMILES string of the molecule is CC1(NC(=O)OC(C)(C)C)CCN(c2cnc3c(n2)CN=C3Br)CC1. The van der Waals surface area contributed by atoms with Gasteiger partial charge in [0.1, 0.15) is 21.7 Å². The number of carbonyl (C=O) groups is 1. The van der Waals surface area contributed by atoms with Crippen molar-refractivity contribution in [2.45, 2.75) is 58.2 Å². The first kappa shape index (κ1) is 18.1. The molecule has 3 rings (SSSR count). The Morgan fingerprint density at radius 3 is 2.68 bits per heavy atom. The Morgan fingerprint density at radius 1 is 1.36 bits per heavy atom. The number of nitrogens with one attached hydrogen (secondary N) is 1. The van der Waals surface area contributed by atoms with Gasteiger partial charge in [-0.2, -0.15) is 0 Å². The lowest BCUT2D eigenvalue weighted by Crippen LogP contribution is -2.54. The molecule has 0 radical (unpaired) electrons. The molecule has 25 heavy (non-hydrogen) atoms. The standard InChI is InChI=1S/C17H24BrN5O2/c1-16(2,3)25-15(24)22-17(4)5-7-23(8-6-17)12-10-19-13-11(21-12)9-20-14(13)18/h10H,5-9H2,1-4H3,(H,22,24). The van der Waals surface area contributed by atoms with E-state index in [1.807, 2.05) is 20.8 Å². The van der Waals surface area contributed by atoms with Gasteiger partial charge in [-0.15, -0.1) is 0 Å². The van der Waals surface area contributed by atoms with Crippen LogP contribution >= 0.6 is 15.9 Å². The maximum Gasteiger partial charge on any atom is 0.408 e. The van der Waals surface area contributed by atoms with Crippen molar-refractivity contribution in [1.29, 1.82) is 0 Å². The van der Waals surface area contributed by atoms with E-state index in [0.717, 1.165) is 47.8 Å². The van der Waals surface area contributed by atoms with Crippen LogP contribution in [0.2, 0.25) is 0 Å². The van der Waals surface area contributed by atoms with Gasteiger partial charge in [-0.05, 0) is 56.5 Å². The second kappa shape index (κ2) is 6.55. The molecule has 1 aromatic heterocycles. The van der Waals surface area contributed by atoms with Crippen molar-refractivity contribution in [3.63, 3.8) is 0 Å². The third kappa shape index (κ3) is 4.29. The topological polar surface area (TPSA) is 79.7 Å². The number of aromatic nitrogens is 2. The summed E-state index contributed by atoms with van der Waals surface area (Å²) in [7, 11) is 0. The number of nitrogens with zero attached hydrogens (tertiary/aromatic N) is 4. The molecule has 1 amide bonds. The summed E-state index contributed by atoms with van der Waals surface area (Å²) in [4.78, 5) is 27.7. The lowest BCUT2D eigenvalue weighted by atomic mass is 9.90. The van der Waals surface area contributed by atoms with Crippen molar-refractivity contribution in [2.75, 3.05) is 18.0 Å². The summed E-state index contributed by atoms with van der Waals surface area (Å²) in [6.07, 6.45) is 3.09. The summed E-state index contributed by atoms with van der Waals surface area (Å²) >= 11 is 3.40. The van der Waals surface area contributed by atoms with E-state index >= 15 is 0 Å². The number of hydrogen-bond acceptors (Lipinski definition) is 6. The lowest BCUT2D eigenvalue weighted by molar-refractivity contribution is 0.0448. The number of aliphatic imine (C=N–C) groups is 1. The summed E-state index contributed by atoms with van der Waals surface area (Å²) in [6.45, 7) is 9.85. The van der Waals surface area contributed by atoms with Crippen LogP contribution in [0.5, 0.6) is 0 Å². The molecule has 3 heterocycles. The highest BCUT2D eigenvalue weighted by atomic mass is 79.9. The molecule has 0 saturated carbocycles. The van der Waals surface area contributed by atoms with Gasteiger partial charge in [-0.25, -0.2) is 14.8 Å². The number of halogens is 1.